The summed E-state index contributed by atoms with van der Waals surface area (Å²) in [5.41, 5.74) is 10.8. The summed E-state index contributed by atoms with van der Waals surface area (Å²) >= 11 is 0. The van der Waals surface area contributed by atoms with Crippen molar-refractivity contribution in [3.05, 3.63) is 96.4 Å². The minimum absolute atomic E-state index is 0.0271. The van der Waals surface area contributed by atoms with Gasteiger partial charge in [-0.3, -0.25) is 38.8 Å². The number of nitrogens with zero attached hydrogens (tertiary/aromatic N) is 7. The molecule has 4 aromatic heterocycles. The van der Waals surface area contributed by atoms with Crippen LogP contribution in [0, 0.1) is 18.8 Å². The van der Waals surface area contributed by atoms with Crippen LogP contribution in [0.25, 0.3) is 28.3 Å². The van der Waals surface area contributed by atoms with Crippen molar-refractivity contribution in [1.82, 2.24) is 50.0 Å². The maximum Gasteiger partial charge on any atom is 0.410 e. The molecule has 0 bridgehead atoms. The first kappa shape index (κ1) is 51.1. The van der Waals surface area contributed by atoms with Crippen molar-refractivity contribution < 1.29 is 38.3 Å². The van der Waals surface area contributed by atoms with Crippen molar-refractivity contribution in [2.45, 2.75) is 117 Å². The summed E-state index contributed by atoms with van der Waals surface area (Å²) < 4.78 is 7.62. The zero-order valence-electron chi connectivity index (χ0n) is 40.4. The number of carbonyl (C=O) groups excluding carboxylic acids is 7. The van der Waals surface area contributed by atoms with Gasteiger partial charge in [0, 0.05) is 73.2 Å². The van der Waals surface area contributed by atoms with Gasteiger partial charge in [0.05, 0.1) is 29.7 Å². The van der Waals surface area contributed by atoms with Gasteiger partial charge in [-0.05, 0) is 93.3 Å². The van der Waals surface area contributed by atoms with Gasteiger partial charge in [-0.2, -0.15) is 5.10 Å². The van der Waals surface area contributed by atoms with Crippen LogP contribution in [0.15, 0.2) is 79.3 Å². The second kappa shape index (κ2) is 24.2. The maximum absolute atomic E-state index is 14.0. The van der Waals surface area contributed by atoms with Crippen molar-refractivity contribution in [3.63, 3.8) is 0 Å². The van der Waals surface area contributed by atoms with Crippen LogP contribution in [0.3, 0.4) is 0 Å². The van der Waals surface area contributed by atoms with Crippen molar-refractivity contribution >= 4 is 52.9 Å². The summed E-state index contributed by atoms with van der Waals surface area (Å²) in [5.74, 6) is -2.21. The Bertz CT molecular complexity index is 2720. The van der Waals surface area contributed by atoms with Crippen molar-refractivity contribution in [2.75, 3.05) is 18.4 Å². The van der Waals surface area contributed by atoms with Crippen LogP contribution in [0.2, 0.25) is 0 Å². The lowest BCUT2D eigenvalue weighted by molar-refractivity contribution is -0.137. The Morgan fingerprint density at radius 1 is 0.930 bits per heavy atom. The molecule has 1 aliphatic heterocycles. The molecule has 1 aliphatic carbocycles. The number of aromatic amines is 1. The van der Waals surface area contributed by atoms with Crippen LogP contribution in [0.5, 0.6) is 0 Å². The fraction of sp³-hybridized carbons (Fsp3) is 0.431. The Morgan fingerprint density at radius 2 is 1.69 bits per heavy atom. The first-order chi connectivity index (χ1) is 34.2. The third-order valence-corrected chi connectivity index (χ3v) is 12.7. The SMILES string of the molecule is Cc1cccc(-c2[nH]c(CN(C(=O)OCc3ccc(NC(=O)[C@H](CCCNC(N)=O)CC(=O)[C@@H](NC(=O)CCCCCN4C(=O)C=CC4=O)C(C)C)cc3)C3CCCC3)nc2-c2ccc3ncnn3c2)n1. The summed E-state index contributed by atoms with van der Waals surface area (Å²) in [6, 6.07) is 14.9. The number of hydrogen-bond donors (Lipinski definition) is 5. The molecule has 374 valence electrons. The third-order valence-electron chi connectivity index (χ3n) is 12.7. The van der Waals surface area contributed by atoms with E-state index in [1.165, 1.54) is 18.5 Å². The van der Waals surface area contributed by atoms with Gasteiger partial charge in [0.15, 0.2) is 11.4 Å². The number of aryl methyl sites for hydroxylation is 1. The maximum atomic E-state index is 14.0. The number of imide groups is 1. The fourth-order valence-corrected chi connectivity index (χ4v) is 8.91. The quantitative estimate of drug-likeness (QED) is 0.0344. The summed E-state index contributed by atoms with van der Waals surface area (Å²) in [4.78, 5) is 110. The summed E-state index contributed by atoms with van der Waals surface area (Å²) in [6.07, 6.45) is 11.2. The predicted octanol–water partition coefficient (Wildman–Crippen LogP) is 6.16. The van der Waals surface area contributed by atoms with Crippen LogP contribution in [0.4, 0.5) is 15.3 Å². The summed E-state index contributed by atoms with van der Waals surface area (Å²) in [5, 5.41) is 12.6. The number of hydrogen-bond acceptors (Lipinski definition) is 12. The Balaban J connectivity index is 0.957. The highest BCUT2D eigenvalue weighted by atomic mass is 16.6. The number of carbonyl (C=O) groups is 7. The molecule has 20 nitrogen and oxygen atoms in total. The van der Waals surface area contributed by atoms with E-state index >= 15 is 0 Å². The Morgan fingerprint density at radius 3 is 2.41 bits per heavy atom. The number of rotatable bonds is 24. The molecule has 6 N–H and O–H groups in total. The number of benzene rings is 1. The molecule has 5 aromatic rings. The lowest BCUT2D eigenvalue weighted by Gasteiger charge is -2.27. The molecular formula is C51H62N12O8. The van der Waals surface area contributed by atoms with Crippen molar-refractivity contribution in [3.8, 4) is 22.6 Å². The monoisotopic (exact) mass is 970 g/mol. The van der Waals surface area contributed by atoms with Gasteiger partial charge in [0.25, 0.3) is 11.8 Å². The van der Waals surface area contributed by atoms with Gasteiger partial charge < -0.3 is 31.4 Å². The number of urea groups is 1. The van der Waals surface area contributed by atoms with Gasteiger partial charge in [-0.25, -0.2) is 24.1 Å². The number of fused-ring (bicyclic) bond motifs is 1. The molecule has 2 aliphatic rings. The van der Waals surface area contributed by atoms with E-state index in [-0.39, 0.29) is 81.0 Å². The Hall–Kier alpha value is -7.77. The molecule has 20 heteroatoms. The van der Waals surface area contributed by atoms with Gasteiger partial charge in [0.1, 0.15) is 18.8 Å². The molecule has 0 radical (unpaired) electrons. The highest BCUT2D eigenvalue weighted by Gasteiger charge is 2.32. The second-order valence-corrected chi connectivity index (χ2v) is 18.4. The third kappa shape index (κ3) is 13.9. The number of nitrogens with one attached hydrogen (secondary N) is 4. The number of amides is 7. The number of primary amides is 1. The van der Waals surface area contributed by atoms with Gasteiger partial charge in [0.2, 0.25) is 11.8 Å². The van der Waals surface area contributed by atoms with E-state index in [1.54, 1.807) is 33.7 Å². The summed E-state index contributed by atoms with van der Waals surface area (Å²) in [7, 11) is 0. The molecule has 0 spiro atoms. The van der Waals surface area contributed by atoms with Crippen LogP contribution >= 0.6 is 0 Å². The van der Waals surface area contributed by atoms with E-state index in [2.05, 4.69) is 31.0 Å². The number of pyridine rings is 2. The lowest BCUT2D eigenvalue weighted by atomic mass is 9.89. The highest BCUT2D eigenvalue weighted by Crippen LogP contribution is 2.32. The highest BCUT2D eigenvalue weighted by molar-refractivity contribution is 6.12. The molecule has 2 atom stereocenters. The average molecular weight is 971 g/mol. The molecule has 0 saturated heterocycles. The Kier molecular flexibility index (Phi) is 17.4. The van der Waals surface area contributed by atoms with Crippen LogP contribution in [-0.4, -0.2) is 106 Å². The van der Waals surface area contributed by atoms with E-state index in [9.17, 15) is 33.6 Å². The lowest BCUT2D eigenvalue weighted by Crippen LogP contribution is -2.45. The standard InChI is InChI=1S/C51H62N12O8/c1-32(2)46(60-43(65)16-5-4-8-26-61-44(66)23-24-45(61)67)40(64)27-35(12-10-25-53-50(52)69)49(68)57-37-20-17-34(18-21-37)30-71-51(70)62(38-13-6-7-14-38)29-41-58-47(36-19-22-42-54-31-55-63(42)28-36)48(59-41)39-15-9-11-33(3)56-39/h9,11,15,17-24,28,31-32,35,38,46H,4-8,10,12-14,16,25-27,29-30H2,1-3H3,(H,57,68)(H,58,59)(H,60,65)(H3,52,53,69)/t35-,46+/m1/s1. The number of nitrogens with two attached hydrogens (primary N) is 1. The van der Waals surface area contributed by atoms with Crippen LogP contribution in [-0.2, 0) is 41.9 Å². The predicted molar refractivity (Wildman–Crippen MR) is 263 cm³/mol. The molecule has 7 rings (SSSR count). The molecule has 1 fully saturated rings. The van der Waals surface area contributed by atoms with Crippen molar-refractivity contribution in [2.24, 2.45) is 17.6 Å². The van der Waals surface area contributed by atoms with E-state index in [1.807, 2.05) is 57.3 Å². The zero-order chi connectivity index (χ0) is 50.4. The topological polar surface area (TPSA) is 269 Å². The summed E-state index contributed by atoms with van der Waals surface area (Å²) in [6.45, 7) is 6.18. The van der Waals surface area contributed by atoms with Crippen LogP contribution in [0.1, 0.15) is 102 Å². The van der Waals surface area contributed by atoms with Crippen LogP contribution < -0.4 is 21.7 Å². The minimum Gasteiger partial charge on any atom is -0.445 e. The minimum atomic E-state index is -0.842. The smallest absolute Gasteiger partial charge is 0.410 e. The van der Waals surface area contributed by atoms with Crippen molar-refractivity contribution in [1.29, 1.82) is 0 Å². The molecule has 7 amide bonds. The Labute approximate surface area is 411 Å². The van der Waals surface area contributed by atoms with E-state index in [4.69, 9.17) is 20.4 Å². The zero-order valence-corrected chi connectivity index (χ0v) is 40.4. The number of imidazole rings is 1. The molecule has 1 saturated carbocycles. The number of unbranched alkanes of at least 4 members (excludes halogenated alkanes) is 2. The number of anilines is 1. The van der Waals surface area contributed by atoms with Gasteiger partial charge in [-0.1, -0.05) is 51.3 Å². The second-order valence-electron chi connectivity index (χ2n) is 18.4. The number of H-pyrrole nitrogens is 1. The molecule has 5 heterocycles. The first-order valence-corrected chi connectivity index (χ1v) is 24.3. The largest absolute Gasteiger partial charge is 0.445 e. The number of aromatic nitrogens is 6. The van der Waals surface area contributed by atoms with Gasteiger partial charge in [-0.15, -0.1) is 0 Å². The van der Waals surface area contributed by atoms with Gasteiger partial charge >= 0.3 is 12.1 Å². The van der Waals surface area contributed by atoms with E-state index < -0.39 is 30.0 Å². The normalized spacial score (nSPS) is 14.5. The molecular weight excluding hydrogens is 909 g/mol. The van der Waals surface area contributed by atoms with E-state index in [0.29, 0.717) is 65.5 Å². The molecule has 1 aromatic carbocycles. The number of ketones is 1. The average Bonchev–Trinajstić information content (AvgIpc) is 4.19. The molecule has 71 heavy (non-hydrogen) atoms. The molecule has 0 unspecified atom stereocenters. The first-order valence-electron chi connectivity index (χ1n) is 24.3. The number of ether oxygens (including phenoxy) is 1. The fourth-order valence-electron chi connectivity index (χ4n) is 8.91. The number of Topliss-reactive ketones (excluding diaryl/α,β-unsaturated/α-hetero) is 1. The van der Waals surface area contributed by atoms with E-state index in [0.717, 1.165) is 41.8 Å².